The minimum absolute atomic E-state index is 0.00697. The summed E-state index contributed by atoms with van der Waals surface area (Å²) in [6.07, 6.45) is 0. The van der Waals surface area contributed by atoms with Crippen LogP contribution in [0.25, 0.3) is 0 Å². The maximum atomic E-state index is 12.8. The Kier molecular flexibility index (Phi) is 5.53. The number of carbonyl (C=O) groups excluding carboxylic acids is 1. The Hall–Kier alpha value is -2.74. The van der Waals surface area contributed by atoms with Crippen molar-refractivity contribution in [2.45, 2.75) is 16.7 Å². The Balaban J connectivity index is 2.51. The van der Waals surface area contributed by atoms with E-state index in [1.54, 1.807) is 0 Å². The van der Waals surface area contributed by atoms with Gasteiger partial charge in [0.1, 0.15) is 0 Å². The largest absolute Gasteiger partial charge is 0.493 e. The predicted molar refractivity (Wildman–Crippen MR) is 89.3 cm³/mol. The van der Waals surface area contributed by atoms with Gasteiger partial charge < -0.3 is 18.9 Å². The zero-order chi connectivity index (χ0) is 18.6. The topological polar surface area (TPSA) is 88.1 Å². The van der Waals surface area contributed by atoms with E-state index < -0.39 is 15.8 Å². The summed E-state index contributed by atoms with van der Waals surface area (Å²) in [4.78, 5) is 11.1. The first-order chi connectivity index (χ1) is 11.8. The van der Waals surface area contributed by atoms with Crippen LogP contribution in [0.3, 0.4) is 0 Å². The number of ether oxygens (including phenoxy) is 4. The molecule has 0 unspecified atom stereocenters. The van der Waals surface area contributed by atoms with Crippen molar-refractivity contribution < 1.29 is 32.2 Å². The van der Waals surface area contributed by atoms with Gasteiger partial charge in [0.15, 0.2) is 23.0 Å². The molecular weight excluding hydrogens is 348 g/mol. The summed E-state index contributed by atoms with van der Waals surface area (Å²) >= 11 is 0. The number of hydrogen-bond acceptors (Lipinski definition) is 7. The van der Waals surface area contributed by atoms with Crippen molar-refractivity contribution in [3.8, 4) is 23.0 Å². The fraction of sp³-hybridized carbons (Fsp3) is 0.235. The third-order valence-electron chi connectivity index (χ3n) is 3.36. The summed E-state index contributed by atoms with van der Waals surface area (Å²) in [6, 6.07) is 8.31. The lowest BCUT2D eigenvalue weighted by molar-refractivity contribution is -0.132. The first kappa shape index (κ1) is 18.6. The summed E-state index contributed by atoms with van der Waals surface area (Å²) in [7, 11) is 0.411. The van der Waals surface area contributed by atoms with Gasteiger partial charge in [-0.3, -0.25) is 4.79 Å². The zero-order valence-electron chi connectivity index (χ0n) is 14.2. The van der Waals surface area contributed by atoms with E-state index in [-0.39, 0.29) is 21.3 Å². The fourth-order valence-corrected chi connectivity index (χ4v) is 3.46. The Morgan fingerprint density at radius 2 is 1.20 bits per heavy atom. The van der Waals surface area contributed by atoms with E-state index in [0.29, 0.717) is 11.5 Å². The Morgan fingerprint density at radius 1 is 0.760 bits per heavy atom. The summed E-state index contributed by atoms with van der Waals surface area (Å²) in [5, 5.41) is 0. The second kappa shape index (κ2) is 7.43. The van der Waals surface area contributed by atoms with Crippen molar-refractivity contribution in [3.63, 3.8) is 0 Å². The summed E-state index contributed by atoms with van der Waals surface area (Å²) in [5.41, 5.74) is 0. The molecule has 0 saturated heterocycles. The third-order valence-corrected chi connectivity index (χ3v) is 5.11. The van der Waals surface area contributed by atoms with Crippen LogP contribution in [0.1, 0.15) is 6.92 Å². The van der Waals surface area contributed by atoms with Crippen molar-refractivity contribution in [1.29, 1.82) is 0 Å². The molecule has 0 radical (unpaired) electrons. The Morgan fingerprint density at radius 3 is 1.64 bits per heavy atom. The first-order valence-electron chi connectivity index (χ1n) is 7.17. The summed E-state index contributed by atoms with van der Waals surface area (Å²) < 4.78 is 46.0. The molecule has 0 amide bonds. The molecule has 8 heteroatoms. The molecule has 2 aromatic carbocycles. The van der Waals surface area contributed by atoms with Gasteiger partial charge in [-0.25, -0.2) is 8.42 Å². The molecule has 0 heterocycles. The van der Waals surface area contributed by atoms with Gasteiger partial charge in [0.2, 0.25) is 9.84 Å². The Bertz CT molecular complexity index is 888. The van der Waals surface area contributed by atoms with Gasteiger partial charge >= 0.3 is 5.97 Å². The highest BCUT2D eigenvalue weighted by Crippen LogP contribution is 2.35. The van der Waals surface area contributed by atoms with Crippen LogP contribution in [0, 0.1) is 0 Å². The van der Waals surface area contributed by atoms with Crippen molar-refractivity contribution in [1.82, 2.24) is 0 Å². The number of esters is 1. The van der Waals surface area contributed by atoms with Crippen molar-refractivity contribution in [3.05, 3.63) is 36.4 Å². The monoisotopic (exact) mass is 366 g/mol. The van der Waals surface area contributed by atoms with Crippen LogP contribution in [0.4, 0.5) is 0 Å². The van der Waals surface area contributed by atoms with E-state index in [9.17, 15) is 13.2 Å². The number of hydrogen-bond donors (Lipinski definition) is 0. The second-order valence-corrected chi connectivity index (χ2v) is 6.88. The highest BCUT2D eigenvalue weighted by Gasteiger charge is 2.22. The molecule has 0 aliphatic carbocycles. The molecule has 2 rings (SSSR count). The number of methoxy groups -OCH3 is 3. The van der Waals surface area contributed by atoms with Gasteiger partial charge in [0, 0.05) is 19.1 Å². The maximum absolute atomic E-state index is 12.8. The molecule has 0 saturated carbocycles. The van der Waals surface area contributed by atoms with E-state index in [1.807, 2.05) is 0 Å². The third kappa shape index (κ3) is 3.85. The van der Waals surface area contributed by atoms with Crippen LogP contribution in [-0.4, -0.2) is 35.7 Å². The van der Waals surface area contributed by atoms with E-state index in [0.717, 1.165) is 0 Å². The minimum atomic E-state index is -3.83. The van der Waals surface area contributed by atoms with Crippen LogP contribution >= 0.6 is 0 Å². The SMILES string of the molecule is COc1ccc(S(=O)(=O)c2ccc(OC(C)=O)c(OC)c2)cc1OC. The van der Waals surface area contributed by atoms with Gasteiger partial charge in [0.05, 0.1) is 31.1 Å². The van der Waals surface area contributed by atoms with Gasteiger partial charge in [0.25, 0.3) is 0 Å². The van der Waals surface area contributed by atoms with Gasteiger partial charge in [-0.1, -0.05) is 0 Å². The van der Waals surface area contributed by atoms with Crippen LogP contribution < -0.4 is 18.9 Å². The molecule has 0 aliphatic heterocycles. The van der Waals surface area contributed by atoms with Crippen molar-refractivity contribution in [2.75, 3.05) is 21.3 Å². The molecule has 2 aromatic rings. The zero-order valence-corrected chi connectivity index (χ0v) is 15.0. The predicted octanol–water partition coefficient (Wildman–Crippen LogP) is 2.47. The molecular formula is C17H18O7S. The van der Waals surface area contributed by atoms with Crippen LogP contribution in [0.2, 0.25) is 0 Å². The molecule has 0 atom stereocenters. The molecule has 134 valence electrons. The quantitative estimate of drug-likeness (QED) is 0.573. The highest BCUT2D eigenvalue weighted by atomic mass is 32.2. The van der Waals surface area contributed by atoms with E-state index in [2.05, 4.69) is 0 Å². The minimum Gasteiger partial charge on any atom is -0.493 e. The van der Waals surface area contributed by atoms with E-state index in [4.69, 9.17) is 18.9 Å². The average Bonchev–Trinajstić information content (AvgIpc) is 2.60. The first-order valence-corrected chi connectivity index (χ1v) is 8.65. The van der Waals surface area contributed by atoms with Crippen molar-refractivity contribution in [2.24, 2.45) is 0 Å². The van der Waals surface area contributed by atoms with E-state index in [1.165, 1.54) is 64.7 Å². The number of rotatable bonds is 6. The molecule has 7 nitrogen and oxygen atoms in total. The van der Waals surface area contributed by atoms with E-state index >= 15 is 0 Å². The molecule has 0 aromatic heterocycles. The van der Waals surface area contributed by atoms with Gasteiger partial charge in [-0.05, 0) is 24.3 Å². The fourth-order valence-electron chi connectivity index (χ4n) is 2.17. The van der Waals surface area contributed by atoms with Gasteiger partial charge in [-0.15, -0.1) is 0 Å². The highest BCUT2D eigenvalue weighted by molar-refractivity contribution is 7.91. The average molecular weight is 366 g/mol. The second-order valence-electron chi connectivity index (χ2n) is 4.93. The normalized spacial score (nSPS) is 10.9. The molecule has 0 aliphatic rings. The smallest absolute Gasteiger partial charge is 0.308 e. The molecule has 0 bridgehead atoms. The molecule has 0 fully saturated rings. The molecule has 0 spiro atoms. The maximum Gasteiger partial charge on any atom is 0.308 e. The number of benzene rings is 2. The summed E-state index contributed by atoms with van der Waals surface area (Å²) in [5.74, 6) is 0.461. The molecule has 0 N–H and O–H groups in total. The number of carbonyl (C=O) groups is 1. The lowest BCUT2D eigenvalue weighted by atomic mass is 10.3. The standard InChI is InChI=1S/C17H18O7S/c1-11(18)24-15-8-6-13(10-17(15)23-4)25(19,20)12-5-7-14(21-2)16(9-12)22-3/h5-10H,1-4H3. The van der Waals surface area contributed by atoms with Crippen LogP contribution in [0.5, 0.6) is 23.0 Å². The number of sulfone groups is 1. The lowest BCUT2D eigenvalue weighted by Gasteiger charge is -2.12. The molecule has 25 heavy (non-hydrogen) atoms. The van der Waals surface area contributed by atoms with Crippen molar-refractivity contribution >= 4 is 15.8 Å². The Labute approximate surface area is 146 Å². The van der Waals surface area contributed by atoms with Crippen LogP contribution in [-0.2, 0) is 14.6 Å². The van der Waals surface area contributed by atoms with Crippen LogP contribution in [0.15, 0.2) is 46.2 Å². The summed E-state index contributed by atoms with van der Waals surface area (Å²) in [6.45, 7) is 1.24. The van der Waals surface area contributed by atoms with Gasteiger partial charge in [-0.2, -0.15) is 0 Å². The lowest BCUT2D eigenvalue weighted by Crippen LogP contribution is -2.06.